The zero-order valence-corrected chi connectivity index (χ0v) is 12.8. The summed E-state index contributed by atoms with van der Waals surface area (Å²) in [5, 5.41) is 13.9. The molecule has 114 valence electrons. The summed E-state index contributed by atoms with van der Waals surface area (Å²) in [6, 6.07) is 10.3. The standard InChI is InChI=1S/C19H27NO/c21-18-7-3-6-17(12-18)20-19-15-8-9-16(19)11-14-5-2-1-4-13(14)10-15/h1-2,4-5,15-21H,3,6-12H2. The van der Waals surface area contributed by atoms with Gasteiger partial charge in [0.15, 0.2) is 0 Å². The van der Waals surface area contributed by atoms with Gasteiger partial charge in [-0.3, -0.25) is 0 Å². The van der Waals surface area contributed by atoms with E-state index in [-0.39, 0.29) is 6.10 Å². The van der Waals surface area contributed by atoms with Gasteiger partial charge in [0.2, 0.25) is 0 Å². The number of hydrogen-bond donors (Lipinski definition) is 2. The van der Waals surface area contributed by atoms with Crippen molar-refractivity contribution >= 4 is 0 Å². The van der Waals surface area contributed by atoms with Crippen molar-refractivity contribution in [2.45, 2.75) is 69.6 Å². The molecule has 0 saturated heterocycles. The first-order valence-corrected chi connectivity index (χ1v) is 8.80. The Morgan fingerprint density at radius 3 is 2.19 bits per heavy atom. The Labute approximate surface area is 128 Å². The van der Waals surface area contributed by atoms with Crippen molar-refractivity contribution in [3.05, 3.63) is 35.4 Å². The summed E-state index contributed by atoms with van der Waals surface area (Å²) in [5.74, 6) is 1.61. The largest absolute Gasteiger partial charge is 0.393 e. The summed E-state index contributed by atoms with van der Waals surface area (Å²) < 4.78 is 0. The minimum Gasteiger partial charge on any atom is -0.393 e. The molecule has 0 heterocycles. The highest BCUT2D eigenvalue weighted by molar-refractivity contribution is 5.30. The van der Waals surface area contributed by atoms with Crippen LogP contribution in [0.15, 0.2) is 24.3 Å². The van der Waals surface area contributed by atoms with Gasteiger partial charge in [0.25, 0.3) is 0 Å². The molecule has 0 radical (unpaired) electrons. The summed E-state index contributed by atoms with van der Waals surface area (Å²) in [6.45, 7) is 0. The van der Waals surface area contributed by atoms with E-state index < -0.39 is 0 Å². The molecule has 3 aliphatic rings. The Kier molecular flexibility index (Phi) is 3.76. The molecule has 0 aromatic heterocycles. The molecular weight excluding hydrogens is 258 g/mol. The van der Waals surface area contributed by atoms with Gasteiger partial charge in [0.05, 0.1) is 6.10 Å². The van der Waals surface area contributed by atoms with E-state index in [4.69, 9.17) is 0 Å². The van der Waals surface area contributed by atoms with Gasteiger partial charge < -0.3 is 10.4 Å². The second-order valence-corrected chi connectivity index (χ2v) is 7.48. The van der Waals surface area contributed by atoms with Crippen LogP contribution in [0, 0.1) is 11.8 Å². The molecular formula is C19H27NO. The predicted molar refractivity (Wildman–Crippen MR) is 85.3 cm³/mol. The monoisotopic (exact) mass is 285 g/mol. The number of fused-ring (bicyclic) bond motifs is 3. The summed E-state index contributed by atoms with van der Waals surface area (Å²) >= 11 is 0. The molecule has 1 aromatic carbocycles. The first kappa shape index (κ1) is 13.8. The molecule has 1 aromatic rings. The Balaban J connectivity index is 1.50. The van der Waals surface area contributed by atoms with Crippen LogP contribution in [0.2, 0.25) is 0 Å². The summed E-state index contributed by atoms with van der Waals surface area (Å²) in [7, 11) is 0. The van der Waals surface area contributed by atoms with Crippen LogP contribution in [0.5, 0.6) is 0 Å². The van der Waals surface area contributed by atoms with Gasteiger partial charge in [-0.1, -0.05) is 24.3 Å². The Morgan fingerprint density at radius 2 is 1.57 bits per heavy atom. The van der Waals surface area contributed by atoms with Crippen molar-refractivity contribution in [3.8, 4) is 0 Å². The molecule has 4 atom stereocenters. The smallest absolute Gasteiger partial charge is 0.0555 e. The van der Waals surface area contributed by atoms with E-state index in [2.05, 4.69) is 29.6 Å². The first-order valence-electron chi connectivity index (χ1n) is 8.80. The van der Waals surface area contributed by atoms with Gasteiger partial charge in [-0.05, 0) is 74.3 Å². The lowest BCUT2D eigenvalue weighted by atomic mass is 9.89. The number of nitrogens with one attached hydrogen (secondary N) is 1. The van der Waals surface area contributed by atoms with E-state index in [1.807, 2.05) is 0 Å². The fourth-order valence-electron chi connectivity index (χ4n) is 5.01. The minimum atomic E-state index is -0.0723. The van der Waals surface area contributed by atoms with E-state index in [1.54, 1.807) is 11.1 Å². The van der Waals surface area contributed by atoms with Gasteiger partial charge in [0, 0.05) is 12.1 Å². The highest BCUT2D eigenvalue weighted by atomic mass is 16.3. The zero-order valence-electron chi connectivity index (χ0n) is 12.8. The molecule has 2 bridgehead atoms. The van der Waals surface area contributed by atoms with E-state index >= 15 is 0 Å². The molecule has 2 saturated carbocycles. The van der Waals surface area contributed by atoms with E-state index in [0.29, 0.717) is 12.1 Å². The van der Waals surface area contributed by atoms with E-state index in [1.165, 1.54) is 38.5 Å². The molecule has 2 N–H and O–H groups in total. The quantitative estimate of drug-likeness (QED) is 0.875. The predicted octanol–water partition coefficient (Wildman–Crippen LogP) is 3.07. The molecule has 0 aliphatic heterocycles. The third kappa shape index (κ3) is 2.76. The van der Waals surface area contributed by atoms with Crippen molar-refractivity contribution in [3.63, 3.8) is 0 Å². The number of benzene rings is 1. The molecule has 0 spiro atoms. The van der Waals surface area contributed by atoms with Crippen molar-refractivity contribution in [2.75, 3.05) is 0 Å². The highest BCUT2D eigenvalue weighted by Gasteiger charge is 2.40. The highest BCUT2D eigenvalue weighted by Crippen LogP contribution is 2.40. The molecule has 4 rings (SSSR count). The van der Waals surface area contributed by atoms with Gasteiger partial charge in [0.1, 0.15) is 0 Å². The van der Waals surface area contributed by atoms with E-state index in [0.717, 1.165) is 24.7 Å². The van der Waals surface area contributed by atoms with Gasteiger partial charge >= 0.3 is 0 Å². The van der Waals surface area contributed by atoms with Gasteiger partial charge in [-0.15, -0.1) is 0 Å². The lowest BCUT2D eigenvalue weighted by Gasteiger charge is -2.33. The molecule has 2 nitrogen and oxygen atoms in total. The molecule has 0 amide bonds. The normalized spacial score (nSPS) is 38.8. The Bertz CT molecular complexity index is 467. The second kappa shape index (κ2) is 5.73. The van der Waals surface area contributed by atoms with Crippen LogP contribution in [0.1, 0.15) is 49.7 Å². The second-order valence-electron chi connectivity index (χ2n) is 7.48. The maximum absolute atomic E-state index is 9.91. The topological polar surface area (TPSA) is 32.3 Å². The Hall–Kier alpha value is -0.860. The average molecular weight is 285 g/mol. The van der Waals surface area contributed by atoms with Crippen LogP contribution in [0.3, 0.4) is 0 Å². The third-order valence-corrected chi connectivity index (χ3v) is 6.08. The summed E-state index contributed by atoms with van der Waals surface area (Å²) in [5.41, 5.74) is 3.17. The number of aliphatic hydroxyl groups excluding tert-OH is 1. The Morgan fingerprint density at radius 1 is 0.905 bits per heavy atom. The first-order chi connectivity index (χ1) is 10.3. The number of rotatable bonds is 2. The van der Waals surface area contributed by atoms with Gasteiger partial charge in [-0.25, -0.2) is 0 Å². The van der Waals surface area contributed by atoms with Crippen LogP contribution >= 0.6 is 0 Å². The lowest BCUT2D eigenvalue weighted by molar-refractivity contribution is 0.104. The zero-order chi connectivity index (χ0) is 14.2. The summed E-state index contributed by atoms with van der Waals surface area (Å²) in [6.07, 6.45) is 9.58. The van der Waals surface area contributed by atoms with Crippen molar-refractivity contribution in [1.82, 2.24) is 5.32 Å². The van der Waals surface area contributed by atoms with Crippen molar-refractivity contribution in [1.29, 1.82) is 0 Å². The van der Waals surface area contributed by atoms with Crippen molar-refractivity contribution in [2.24, 2.45) is 11.8 Å². The molecule has 21 heavy (non-hydrogen) atoms. The minimum absolute atomic E-state index is 0.0723. The maximum atomic E-state index is 9.91. The average Bonchev–Trinajstić information content (AvgIpc) is 2.75. The summed E-state index contributed by atoms with van der Waals surface area (Å²) in [4.78, 5) is 0. The fourth-order valence-corrected chi connectivity index (χ4v) is 5.01. The number of hydrogen-bond acceptors (Lipinski definition) is 2. The molecule has 4 unspecified atom stereocenters. The molecule has 2 fully saturated rings. The lowest BCUT2D eigenvalue weighted by Crippen LogP contribution is -2.46. The van der Waals surface area contributed by atoms with Gasteiger partial charge in [-0.2, -0.15) is 0 Å². The maximum Gasteiger partial charge on any atom is 0.0555 e. The van der Waals surface area contributed by atoms with Crippen LogP contribution in [-0.4, -0.2) is 23.3 Å². The SMILES string of the molecule is OC1CCCC(NC2C3CCC2Cc2ccccc2C3)C1. The molecule has 2 heteroatoms. The van der Waals surface area contributed by atoms with Crippen LogP contribution in [0.4, 0.5) is 0 Å². The fraction of sp³-hybridized carbons (Fsp3) is 0.684. The number of aliphatic hydroxyl groups is 1. The van der Waals surface area contributed by atoms with Crippen LogP contribution < -0.4 is 5.32 Å². The van der Waals surface area contributed by atoms with Crippen molar-refractivity contribution < 1.29 is 5.11 Å². The van der Waals surface area contributed by atoms with Crippen LogP contribution in [-0.2, 0) is 12.8 Å². The molecule has 3 aliphatic carbocycles. The van der Waals surface area contributed by atoms with E-state index in [9.17, 15) is 5.11 Å². The third-order valence-electron chi connectivity index (χ3n) is 6.08. The van der Waals surface area contributed by atoms with Crippen LogP contribution in [0.25, 0.3) is 0 Å².